The molecular weight excluding hydrogens is 254 g/mol. The molecule has 0 aliphatic carbocycles. The first-order valence-electron chi connectivity index (χ1n) is 6.79. The van der Waals surface area contributed by atoms with E-state index in [-0.39, 0.29) is 5.91 Å². The van der Waals surface area contributed by atoms with Crippen molar-refractivity contribution in [2.75, 3.05) is 37.4 Å². The predicted molar refractivity (Wildman–Crippen MR) is 83.0 cm³/mol. The molecule has 0 spiro atoms. The molecule has 0 saturated heterocycles. The maximum atomic E-state index is 11.7. The van der Waals surface area contributed by atoms with Gasteiger partial charge in [0.15, 0.2) is 0 Å². The molecule has 1 amide bonds. The lowest BCUT2D eigenvalue weighted by Gasteiger charge is -2.11. The normalized spacial score (nSPS) is 10.1. The van der Waals surface area contributed by atoms with Gasteiger partial charge < -0.3 is 21.1 Å². The summed E-state index contributed by atoms with van der Waals surface area (Å²) in [7, 11) is 0. The topological polar surface area (TPSA) is 76.4 Å². The van der Waals surface area contributed by atoms with Gasteiger partial charge in [0.1, 0.15) is 0 Å². The predicted octanol–water partition coefficient (Wildman–Crippen LogP) is 2.02. The molecule has 0 aromatic heterocycles. The molecule has 20 heavy (non-hydrogen) atoms. The Bertz CT molecular complexity index is 447. The largest absolute Gasteiger partial charge is 0.397 e. The molecule has 0 atom stereocenters. The summed E-state index contributed by atoms with van der Waals surface area (Å²) in [6, 6.07) is 5.20. The lowest BCUT2D eigenvalue weighted by molar-refractivity contribution is 0.0956. The number of benzene rings is 1. The number of nitrogens with two attached hydrogens (primary N) is 1. The van der Waals surface area contributed by atoms with Crippen LogP contribution in [0.5, 0.6) is 0 Å². The van der Waals surface area contributed by atoms with E-state index in [9.17, 15) is 4.79 Å². The molecule has 110 valence electrons. The van der Waals surface area contributed by atoms with Crippen molar-refractivity contribution in [2.45, 2.75) is 13.3 Å². The molecule has 0 saturated carbocycles. The first-order chi connectivity index (χ1) is 9.69. The van der Waals surface area contributed by atoms with Gasteiger partial charge in [-0.05, 0) is 31.5 Å². The zero-order valence-electron chi connectivity index (χ0n) is 11.9. The summed E-state index contributed by atoms with van der Waals surface area (Å²) in [6.45, 7) is 8.00. The molecule has 0 aliphatic rings. The Hall–Kier alpha value is -2.01. The van der Waals surface area contributed by atoms with Crippen molar-refractivity contribution in [3.05, 3.63) is 36.4 Å². The van der Waals surface area contributed by atoms with Crippen LogP contribution in [0.4, 0.5) is 11.4 Å². The molecule has 0 fully saturated rings. The molecule has 0 unspecified atom stereocenters. The number of ether oxygens (including phenoxy) is 1. The molecule has 0 aliphatic heterocycles. The van der Waals surface area contributed by atoms with Gasteiger partial charge in [0.2, 0.25) is 0 Å². The van der Waals surface area contributed by atoms with Crippen LogP contribution in [0.15, 0.2) is 30.9 Å². The second-order valence-electron chi connectivity index (χ2n) is 4.28. The van der Waals surface area contributed by atoms with Crippen LogP contribution >= 0.6 is 0 Å². The number of amides is 1. The summed E-state index contributed by atoms with van der Waals surface area (Å²) in [5.41, 5.74) is 7.84. The maximum absolute atomic E-state index is 11.7. The van der Waals surface area contributed by atoms with Gasteiger partial charge in [-0.1, -0.05) is 6.08 Å². The highest BCUT2D eigenvalue weighted by Crippen LogP contribution is 2.19. The van der Waals surface area contributed by atoms with E-state index < -0.39 is 0 Å². The van der Waals surface area contributed by atoms with Gasteiger partial charge in [-0.25, -0.2) is 0 Å². The van der Waals surface area contributed by atoms with Crippen LogP contribution in [-0.2, 0) is 4.74 Å². The van der Waals surface area contributed by atoms with Crippen LogP contribution < -0.4 is 16.4 Å². The lowest BCUT2D eigenvalue weighted by atomic mass is 10.1. The highest BCUT2D eigenvalue weighted by Gasteiger charge is 2.07. The molecule has 5 heteroatoms. The Morgan fingerprint density at radius 2 is 2.25 bits per heavy atom. The highest BCUT2D eigenvalue weighted by atomic mass is 16.5. The van der Waals surface area contributed by atoms with Gasteiger partial charge >= 0.3 is 0 Å². The SMILES string of the molecule is C=CCCOCCNc1cc(C(=O)NCC)ccc1N. The quantitative estimate of drug-likeness (QED) is 0.367. The van der Waals surface area contributed by atoms with Crippen LogP contribution in [0.1, 0.15) is 23.7 Å². The minimum Gasteiger partial charge on any atom is -0.397 e. The number of nitrogens with one attached hydrogen (secondary N) is 2. The van der Waals surface area contributed by atoms with Gasteiger partial charge in [0.25, 0.3) is 5.91 Å². The summed E-state index contributed by atoms with van der Waals surface area (Å²) < 4.78 is 5.40. The molecule has 0 bridgehead atoms. The lowest BCUT2D eigenvalue weighted by Crippen LogP contribution is -2.23. The van der Waals surface area contributed by atoms with E-state index in [0.29, 0.717) is 37.6 Å². The Morgan fingerprint density at radius 1 is 1.45 bits per heavy atom. The second kappa shape index (κ2) is 8.98. The third-order valence-electron chi connectivity index (χ3n) is 2.68. The van der Waals surface area contributed by atoms with Gasteiger partial charge in [-0.2, -0.15) is 0 Å². The number of carbonyl (C=O) groups excluding carboxylic acids is 1. The minimum atomic E-state index is -0.0993. The Kier molecular flexibility index (Phi) is 7.21. The molecule has 1 aromatic rings. The van der Waals surface area contributed by atoms with Crippen LogP contribution in [0.25, 0.3) is 0 Å². The highest BCUT2D eigenvalue weighted by molar-refractivity contribution is 5.96. The molecular formula is C15H23N3O2. The van der Waals surface area contributed by atoms with Crippen LogP contribution in [0, 0.1) is 0 Å². The van der Waals surface area contributed by atoms with Crippen molar-refractivity contribution in [3.8, 4) is 0 Å². The van der Waals surface area contributed by atoms with Crippen molar-refractivity contribution in [1.29, 1.82) is 0 Å². The van der Waals surface area contributed by atoms with E-state index in [1.807, 2.05) is 13.0 Å². The van der Waals surface area contributed by atoms with Crippen LogP contribution in [0.3, 0.4) is 0 Å². The first-order valence-corrected chi connectivity index (χ1v) is 6.79. The molecule has 0 radical (unpaired) electrons. The summed E-state index contributed by atoms with van der Waals surface area (Å²) in [6.07, 6.45) is 2.66. The van der Waals surface area contributed by atoms with Crippen LogP contribution in [0.2, 0.25) is 0 Å². The minimum absolute atomic E-state index is 0.0993. The van der Waals surface area contributed by atoms with E-state index >= 15 is 0 Å². The van der Waals surface area contributed by atoms with Crippen molar-refractivity contribution in [3.63, 3.8) is 0 Å². The summed E-state index contributed by atoms with van der Waals surface area (Å²) in [5, 5.41) is 5.93. The fraction of sp³-hybridized carbons (Fsp3) is 0.400. The van der Waals surface area contributed by atoms with Crippen LogP contribution in [-0.4, -0.2) is 32.2 Å². The molecule has 1 rings (SSSR count). The molecule has 0 heterocycles. The summed E-state index contributed by atoms with van der Waals surface area (Å²) in [5.74, 6) is -0.0993. The monoisotopic (exact) mass is 277 g/mol. The van der Waals surface area contributed by atoms with Gasteiger partial charge in [0, 0.05) is 18.7 Å². The van der Waals surface area contributed by atoms with Crippen molar-refractivity contribution in [1.82, 2.24) is 5.32 Å². The number of hydrogen-bond donors (Lipinski definition) is 3. The number of carbonyl (C=O) groups is 1. The zero-order valence-corrected chi connectivity index (χ0v) is 11.9. The number of anilines is 2. The maximum Gasteiger partial charge on any atom is 0.251 e. The van der Waals surface area contributed by atoms with E-state index in [4.69, 9.17) is 10.5 Å². The standard InChI is InChI=1S/C15H23N3O2/c1-3-5-9-20-10-8-18-14-11-12(6-7-13(14)16)15(19)17-4-2/h3,6-7,11,18H,1,4-5,8-10,16H2,2H3,(H,17,19). The van der Waals surface area contributed by atoms with Crippen molar-refractivity contribution >= 4 is 17.3 Å². The molecule has 4 N–H and O–H groups in total. The Morgan fingerprint density at radius 3 is 2.95 bits per heavy atom. The summed E-state index contributed by atoms with van der Waals surface area (Å²) >= 11 is 0. The first kappa shape index (κ1) is 16.0. The smallest absolute Gasteiger partial charge is 0.251 e. The molecule has 5 nitrogen and oxygen atoms in total. The number of hydrogen-bond acceptors (Lipinski definition) is 4. The Balaban J connectivity index is 2.49. The zero-order chi connectivity index (χ0) is 14.8. The number of nitrogen functional groups attached to an aromatic ring is 1. The van der Waals surface area contributed by atoms with Gasteiger partial charge in [-0.15, -0.1) is 6.58 Å². The average molecular weight is 277 g/mol. The van der Waals surface area contributed by atoms with Gasteiger partial charge in [0.05, 0.1) is 24.6 Å². The fourth-order valence-corrected chi connectivity index (χ4v) is 1.64. The van der Waals surface area contributed by atoms with E-state index in [1.165, 1.54) is 0 Å². The average Bonchev–Trinajstić information content (AvgIpc) is 2.44. The van der Waals surface area contributed by atoms with E-state index in [0.717, 1.165) is 12.1 Å². The van der Waals surface area contributed by atoms with Crippen molar-refractivity contribution in [2.24, 2.45) is 0 Å². The summed E-state index contributed by atoms with van der Waals surface area (Å²) in [4.78, 5) is 11.7. The van der Waals surface area contributed by atoms with Gasteiger partial charge in [-0.3, -0.25) is 4.79 Å². The third-order valence-corrected chi connectivity index (χ3v) is 2.68. The third kappa shape index (κ3) is 5.32. The van der Waals surface area contributed by atoms with E-state index in [2.05, 4.69) is 17.2 Å². The van der Waals surface area contributed by atoms with E-state index in [1.54, 1.807) is 18.2 Å². The number of rotatable bonds is 9. The van der Waals surface area contributed by atoms with Crippen molar-refractivity contribution < 1.29 is 9.53 Å². The second-order valence-corrected chi connectivity index (χ2v) is 4.28. The Labute approximate surface area is 120 Å². The molecule has 1 aromatic carbocycles. The fourth-order valence-electron chi connectivity index (χ4n) is 1.64.